The number of hydrogen-bond acceptors (Lipinski definition) is 4. The minimum atomic E-state index is -0.0953. The van der Waals surface area contributed by atoms with E-state index in [9.17, 15) is 4.79 Å². The molecule has 2 aromatic carbocycles. The van der Waals surface area contributed by atoms with E-state index in [1.54, 1.807) is 19.4 Å². The lowest BCUT2D eigenvalue weighted by Crippen LogP contribution is -2.22. The highest BCUT2D eigenvalue weighted by molar-refractivity contribution is 6.00. The molecule has 0 radical (unpaired) electrons. The average Bonchev–Trinajstić information content (AvgIpc) is 3.16. The van der Waals surface area contributed by atoms with Crippen LogP contribution in [0.4, 0.5) is 0 Å². The average molecular weight is 408 g/mol. The Kier molecular flexibility index (Phi) is 7.17. The molecule has 0 atom stereocenters. The van der Waals surface area contributed by atoms with E-state index in [4.69, 9.17) is 13.9 Å². The molecule has 3 aromatic rings. The molecule has 0 saturated carbocycles. The van der Waals surface area contributed by atoms with E-state index in [-0.39, 0.29) is 5.91 Å². The topological polar surface area (TPSA) is 60.7 Å². The van der Waals surface area contributed by atoms with Gasteiger partial charge in [-0.3, -0.25) is 4.79 Å². The summed E-state index contributed by atoms with van der Waals surface area (Å²) in [5, 5.41) is 3.89. The molecule has 1 aromatic heterocycles. The first kappa shape index (κ1) is 21.5. The zero-order valence-corrected chi connectivity index (χ0v) is 18.1. The second kappa shape index (κ2) is 10.0. The molecular formula is C25H29NO4. The molecule has 158 valence electrons. The smallest absolute Gasteiger partial charge is 0.244 e. The number of hydrogen-bond donors (Lipinski definition) is 1. The molecule has 5 nitrogen and oxygen atoms in total. The summed E-state index contributed by atoms with van der Waals surface area (Å²) in [6, 6.07) is 11.8. The van der Waals surface area contributed by atoms with Gasteiger partial charge in [-0.2, -0.15) is 0 Å². The first-order valence-electron chi connectivity index (χ1n) is 10.4. The zero-order chi connectivity index (χ0) is 21.5. The predicted octanol–water partition coefficient (Wildman–Crippen LogP) is 5.83. The molecule has 0 fully saturated rings. The van der Waals surface area contributed by atoms with Crippen molar-refractivity contribution in [1.82, 2.24) is 5.32 Å². The quantitative estimate of drug-likeness (QED) is 0.358. The maximum absolute atomic E-state index is 12.2. The first-order chi connectivity index (χ1) is 14.6. The summed E-state index contributed by atoms with van der Waals surface area (Å²) >= 11 is 0. The van der Waals surface area contributed by atoms with Gasteiger partial charge in [-0.15, -0.1) is 0 Å². The molecule has 30 heavy (non-hydrogen) atoms. The predicted molar refractivity (Wildman–Crippen MR) is 121 cm³/mol. The number of unbranched alkanes of at least 4 members (excludes halogenated alkanes) is 1. The van der Waals surface area contributed by atoms with Gasteiger partial charge in [0, 0.05) is 35.2 Å². The van der Waals surface area contributed by atoms with Gasteiger partial charge in [-0.25, -0.2) is 0 Å². The summed E-state index contributed by atoms with van der Waals surface area (Å²) < 4.78 is 16.9. The summed E-state index contributed by atoms with van der Waals surface area (Å²) in [6.07, 6.45) is 5.38. The molecule has 0 saturated heterocycles. The van der Waals surface area contributed by atoms with Crippen LogP contribution in [0.15, 0.2) is 53.2 Å². The molecule has 0 unspecified atom stereocenters. The Morgan fingerprint density at radius 2 is 1.93 bits per heavy atom. The van der Waals surface area contributed by atoms with Crippen LogP contribution >= 0.6 is 0 Å². The standard InChI is InChI=1S/C25H29NO4/c1-5-7-12-26-25(27)13-17(3)20-14-21-22(16-30-24(21)15-23(20)28-4)18-8-10-19(11-9-18)29-6-2/h8-11,13-16H,5-7,12H2,1-4H3,(H,26,27)/b17-13+. The number of fused-ring (bicyclic) bond motifs is 1. The van der Waals surface area contributed by atoms with Gasteiger partial charge in [-0.05, 0) is 49.6 Å². The Labute approximate surface area is 177 Å². The van der Waals surface area contributed by atoms with Crippen LogP contribution in [0.3, 0.4) is 0 Å². The van der Waals surface area contributed by atoms with Crippen molar-refractivity contribution in [1.29, 1.82) is 0 Å². The highest BCUT2D eigenvalue weighted by Gasteiger charge is 2.15. The maximum Gasteiger partial charge on any atom is 0.244 e. The van der Waals surface area contributed by atoms with Crippen LogP contribution < -0.4 is 14.8 Å². The second-order valence-electron chi connectivity index (χ2n) is 7.13. The number of nitrogens with one attached hydrogen (secondary N) is 1. The monoisotopic (exact) mass is 407 g/mol. The lowest BCUT2D eigenvalue weighted by Gasteiger charge is -2.10. The summed E-state index contributed by atoms with van der Waals surface area (Å²) in [4.78, 5) is 12.2. The summed E-state index contributed by atoms with van der Waals surface area (Å²) in [5.74, 6) is 1.41. The van der Waals surface area contributed by atoms with Crippen molar-refractivity contribution in [2.75, 3.05) is 20.3 Å². The number of ether oxygens (including phenoxy) is 2. The number of rotatable bonds is 9. The summed E-state index contributed by atoms with van der Waals surface area (Å²) in [6.45, 7) is 7.29. The summed E-state index contributed by atoms with van der Waals surface area (Å²) in [5.41, 5.74) is 4.45. The molecule has 0 aliphatic carbocycles. The van der Waals surface area contributed by atoms with Crippen LogP contribution in [0.2, 0.25) is 0 Å². The van der Waals surface area contributed by atoms with Crippen molar-refractivity contribution >= 4 is 22.4 Å². The third-order valence-electron chi connectivity index (χ3n) is 4.97. The van der Waals surface area contributed by atoms with Gasteiger partial charge in [0.15, 0.2) is 0 Å². The van der Waals surface area contributed by atoms with E-state index in [0.29, 0.717) is 18.9 Å². The lowest BCUT2D eigenvalue weighted by molar-refractivity contribution is -0.116. The second-order valence-corrected chi connectivity index (χ2v) is 7.13. The van der Waals surface area contributed by atoms with Crippen molar-refractivity contribution in [3.8, 4) is 22.6 Å². The van der Waals surface area contributed by atoms with E-state index < -0.39 is 0 Å². The van der Waals surface area contributed by atoms with E-state index in [1.165, 1.54) is 0 Å². The first-order valence-corrected chi connectivity index (χ1v) is 10.4. The molecule has 0 aliphatic rings. The van der Waals surface area contributed by atoms with Gasteiger partial charge < -0.3 is 19.2 Å². The van der Waals surface area contributed by atoms with Crippen molar-refractivity contribution in [3.63, 3.8) is 0 Å². The van der Waals surface area contributed by atoms with E-state index in [2.05, 4.69) is 12.2 Å². The van der Waals surface area contributed by atoms with Crippen LogP contribution in [0, 0.1) is 0 Å². The fourth-order valence-corrected chi connectivity index (χ4v) is 3.37. The Hall–Kier alpha value is -3.21. The minimum Gasteiger partial charge on any atom is -0.496 e. The molecule has 1 N–H and O–H groups in total. The van der Waals surface area contributed by atoms with Gasteiger partial charge >= 0.3 is 0 Å². The van der Waals surface area contributed by atoms with Crippen LogP contribution in [-0.4, -0.2) is 26.2 Å². The van der Waals surface area contributed by atoms with Crippen LogP contribution in [-0.2, 0) is 4.79 Å². The van der Waals surface area contributed by atoms with E-state index in [0.717, 1.165) is 51.8 Å². The number of benzene rings is 2. The number of carbonyl (C=O) groups is 1. The van der Waals surface area contributed by atoms with Crippen LogP contribution in [0.25, 0.3) is 27.7 Å². The van der Waals surface area contributed by atoms with Crippen LogP contribution in [0.5, 0.6) is 11.5 Å². The molecule has 1 heterocycles. The fourth-order valence-electron chi connectivity index (χ4n) is 3.37. The number of methoxy groups -OCH3 is 1. The van der Waals surface area contributed by atoms with Gasteiger partial charge in [0.1, 0.15) is 17.1 Å². The molecule has 1 amide bonds. The highest BCUT2D eigenvalue weighted by atomic mass is 16.5. The maximum atomic E-state index is 12.2. The van der Waals surface area contributed by atoms with Gasteiger partial charge in [0.2, 0.25) is 5.91 Å². The van der Waals surface area contributed by atoms with Gasteiger partial charge in [-0.1, -0.05) is 25.5 Å². The van der Waals surface area contributed by atoms with Crippen LogP contribution in [0.1, 0.15) is 39.2 Å². The number of carbonyl (C=O) groups excluding carboxylic acids is 1. The van der Waals surface area contributed by atoms with Gasteiger partial charge in [0.25, 0.3) is 0 Å². The molecule has 5 heteroatoms. The molecule has 0 bridgehead atoms. The number of allylic oxidation sites excluding steroid dienone is 1. The molecule has 0 aliphatic heterocycles. The third kappa shape index (κ3) is 4.85. The Bertz CT molecular complexity index is 1030. The largest absolute Gasteiger partial charge is 0.496 e. The summed E-state index contributed by atoms with van der Waals surface area (Å²) in [7, 11) is 1.62. The van der Waals surface area contributed by atoms with Crippen molar-refractivity contribution in [2.45, 2.75) is 33.6 Å². The number of furan rings is 1. The third-order valence-corrected chi connectivity index (χ3v) is 4.97. The lowest BCUT2D eigenvalue weighted by atomic mass is 9.99. The Balaban J connectivity index is 1.97. The van der Waals surface area contributed by atoms with Gasteiger partial charge in [0.05, 0.1) is 20.0 Å². The highest BCUT2D eigenvalue weighted by Crippen LogP contribution is 2.37. The van der Waals surface area contributed by atoms with E-state index >= 15 is 0 Å². The SMILES string of the molecule is CCCCNC(=O)/C=C(\C)c1cc2c(-c3ccc(OCC)cc3)coc2cc1OC. The van der Waals surface area contributed by atoms with Crippen molar-refractivity contribution < 1.29 is 18.7 Å². The van der Waals surface area contributed by atoms with Crippen molar-refractivity contribution in [3.05, 3.63) is 54.3 Å². The molecule has 0 spiro atoms. The normalized spacial score (nSPS) is 11.5. The Morgan fingerprint density at radius 3 is 2.60 bits per heavy atom. The molecular weight excluding hydrogens is 378 g/mol. The zero-order valence-electron chi connectivity index (χ0n) is 18.1. The van der Waals surface area contributed by atoms with E-state index in [1.807, 2.05) is 50.2 Å². The fraction of sp³-hybridized carbons (Fsp3) is 0.320. The minimum absolute atomic E-state index is 0.0953. The van der Waals surface area contributed by atoms with Crippen molar-refractivity contribution in [2.24, 2.45) is 0 Å². The molecule has 3 rings (SSSR count). The Morgan fingerprint density at radius 1 is 1.17 bits per heavy atom. The number of amides is 1.